The predicted octanol–water partition coefficient (Wildman–Crippen LogP) is 20.8. The van der Waals surface area contributed by atoms with E-state index in [-0.39, 0.29) is 25.7 Å². The van der Waals surface area contributed by atoms with E-state index in [4.69, 9.17) is 37.0 Å². The summed E-state index contributed by atoms with van der Waals surface area (Å²) in [5, 5.41) is 10.6. The number of rotatable bonds is 71. The third kappa shape index (κ3) is 65.1. The molecule has 3 unspecified atom stereocenters. The third-order valence-electron chi connectivity index (χ3n) is 17.1. The predicted molar refractivity (Wildman–Crippen MR) is 368 cm³/mol. The van der Waals surface area contributed by atoms with Gasteiger partial charge >= 0.3 is 39.5 Å². The number of unbranched alkanes of at least 4 members (excludes halogenated alkanes) is 40. The molecule has 0 fully saturated rings. The number of phosphoric acid groups is 2. The Morgan fingerprint density at radius 1 is 0.319 bits per heavy atom. The van der Waals surface area contributed by atoms with Gasteiger partial charge in [-0.05, 0) is 37.5 Å². The number of esters is 4. The zero-order chi connectivity index (χ0) is 67.2. The van der Waals surface area contributed by atoms with Crippen LogP contribution in [-0.2, 0) is 65.4 Å². The lowest BCUT2D eigenvalue weighted by Crippen LogP contribution is -2.30. The van der Waals surface area contributed by atoms with Crippen LogP contribution in [0.5, 0.6) is 0 Å². The fraction of sp³-hybridized carbons (Fsp3) is 0.944. The molecule has 0 aliphatic heterocycles. The van der Waals surface area contributed by atoms with E-state index >= 15 is 0 Å². The lowest BCUT2D eigenvalue weighted by molar-refractivity contribution is -0.161. The zero-order valence-corrected chi connectivity index (χ0v) is 60.9. The molecule has 0 saturated carbocycles. The summed E-state index contributed by atoms with van der Waals surface area (Å²) in [6.45, 7) is 9.59. The SMILES string of the molecule is CCCCCCCCCCCCCCC(=O)O[C@H](COC(=O)CCCCCCCCCC)COP(=O)(O)OC[C@H](O)COP(=O)(O)OC[C@@H](COC(=O)CCCCCCCCCCCCC(C)C)OC(=O)CCCCCCCCCCCCCCCCC(C)CC. The molecule has 17 nitrogen and oxygen atoms in total. The summed E-state index contributed by atoms with van der Waals surface area (Å²) in [5.41, 5.74) is 0. The Labute approximate surface area is 556 Å². The van der Waals surface area contributed by atoms with Crippen molar-refractivity contribution < 1.29 is 80.2 Å². The molecule has 0 bridgehead atoms. The summed E-state index contributed by atoms with van der Waals surface area (Å²) >= 11 is 0. The lowest BCUT2D eigenvalue weighted by Gasteiger charge is -2.21. The van der Waals surface area contributed by atoms with Crippen LogP contribution in [0.2, 0.25) is 0 Å². The van der Waals surface area contributed by atoms with E-state index in [0.29, 0.717) is 25.7 Å². The van der Waals surface area contributed by atoms with Gasteiger partial charge in [0.1, 0.15) is 19.3 Å². The van der Waals surface area contributed by atoms with Crippen molar-refractivity contribution in [1.82, 2.24) is 0 Å². The maximum Gasteiger partial charge on any atom is 0.472 e. The lowest BCUT2D eigenvalue weighted by atomic mass is 9.99. The molecule has 0 amide bonds. The normalized spacial score (nSPS) is 14.4. The molecular weight excluding hydrogens is 1200 g/mol. The van der Waals surface area contributed by atoms with E-state index in [9.17, 15) is 43.2 Å². The van der Waals surface area contributed by atoms with E-state index in [1.807, 2.05) is 0 Å². The fourth-order valence-electron chi connectivity index (χ4n) is 10.9. The number of carbonyl (C=O) groups excluding carboxylic acids is 4. The molecule has 19 heteroatoms. The minimum atomic E-state index is -4.95. The molecule has 0 aromatic carbocycles. The summed E-state index contributed by atoms with van der Waals surface area (Å²) in [6, 6.07) is 0. The fourth-order valence-corrected chi connectivity index (χ4v) is 12.5. The minimum absolute atomic E-state index is 0.107. The standard InChI is InChI=1S/C72H140O17P2/c1-7-10-12-14-16-18-19-25-32-38-44-50-56-71(76)88-67(60-82-69(74)54-48-42-36-17-15-13-11-8-2)62-86-90(78,79)84-58-66(73)59-85-91(80,81)87-63-68(61-83-70(75)55-49-43-37-31-28-27-29-34-40-46-52-64(4)5)89-72(77)57-51-45-39-33-26-23-21-20-22-24-30-35-41-47-53-65(6)9-3/h64-68,73H,7-63H2,1-6H3,(H,78,79)(H,80,81)/t65?,66-,67+,68+/m0/s1. The third-order valence-corrected chi connectivity index (χ3v) is 19.0. The summed E-state index contributed by atoms with van der Waals surface area (Å²) in [4.78, 5) is 72.5. The van der Waals surface area contributed by atoms with Gasteiger partial charge in [-0.2, -0.15) is 0 Å². The summed E-state index contributed by atoms with van der Waals surface area (Å²) < 4.78 is 68.3. The monoisotopic (exact) mass is 1340 g/mol. The van der Waals surface area contributed by atoms with Crippen molar-refractivity contribution in [2.45, 2.75) is 387 Å². The highest BCUT2D eigenvalue weighted by Crippen LogP contribution is 2.45. The van der Waals surface area contributed by atoms with Crippen molar-refractivity contribution >= 4 is 39.5 Å². The largest absolute Gasteiger partial charge is 0.472 e. The number of carbonyl (C=O) groups is 4. The first-order chi connectivity index (χ1) is 43.9. The zero-order valence-electron chi connectivity index (χ0n) is 59.1. The van der Waals surface area contributed by atoms with E-state index in [1.54, 1.807) is 0 Å². The molecule has 3 N–H and O–H groups in total. The number of hydrogen-bond acceptors (Lipinski definition) is 15. The minimum Gasteiger partial charge on any atom is -0.462 e. The summed E-state index contributed by atoms with van der Waals surface area (Å²) in [5.74, 6) is -0.518. The average molecular weight is 1340 g/mol. The van der Waals surface area contributed by atoms with Crippen molar-refractivity contribution in [3.05, 3.63) is 0 Å². The first-order valence-electron chi connectivity index (χ1n) is 37.5. The van der Waals surface area contributed by atoms with Crippen molar-refractivity contribution in [1.29, 1.82) is 0 Å². The van der Waals surface area contributed by atoms with Crippen molar-refractivity contribution in [2.75, 3.05) is 39.6 Å². The van der Waals surface area contributed by atoms with Gasteiger partial charge in [0.05, 0.1) is 26.4 Å². The Kier molecular flexibility index (Phi) is 62.7. The van der Waals surface area contributed by atoms with E-state index in [1.165, 1.54) is 180 Å². The molecule has 0 saturated heterocycles. The molecule has 0 aromatic rings. The maximum absolute atomic E-state index is 13.0. The highest BCUT2D eigenvalue weighted by Gasteiger charge is 2.30. The van der Waals surface area contributed by atoms with Crippen LogP contribution in [0.1, 0.15) is 369 Å². The van der Waals surface area contributed by atoms with Gasteiger partial charge in [0.15, 0.2) is 12.2 Å². The Balaban J connectivity index is 5.21. The molecule has 0 rings (SSSR count). The van der Waals surface area contributed by atoms with Gasteiger partial charge in [0.2, 0.25) is 0 Å². The molecule has 0 aliphatic carbocycles. The topological polar surface area (TPSA) is 237 Å². The molecular formula is C72H140O17P2. The highest BCUT2D eigenvalue weighted by atomic mass is 31.2. The van der Waals surface area contributed by atoms with Gasteiger partial charge in [0.25, 0.3) is 0 Å². The van der Waals surface area contributed by atoms with Crippen LogP contribution in [0.4, 0.5) is 0 Å². The second-order valence-corrected chi connectivity index (χ2v) is 29.6. The van der Waals surface area contributed by atoms with Crippen molar-refractivity contribution in [3.8, 4) is 0 Å². The molecule has 0 spiro atoms. The molecule has 540 valence electrons. The average Bonchev–Trinajstić information content (AvgIpc) is 3.74. The van der Waals surface area contributed by atoms with Crippen LogP contribution in [-0.4, -0.2) is 96.7 Å². The number of aliphatic hydroxyl groups excluding tert-OH is 1. The smallest absolute Gasteiger partial charge is 0.462 e. The van der Waals surface area contributed by atoms with Gasteiger partial charge < -0.3 is 33.8 Å². The van der Waals surface area contributed by atoms with Crippen molar-refractivity contribution in [3.63, 3.8) is 0 Å². The molecule has 0 radical (unpaired) electrons. The Morgan fingerprint density at radius 3 is 0.835 bits per heavy atom. The van der Waals surface area contributed by atoms with Gasteiger partial charge in [-0.25, -0.2) is 9.13 Å². The molecule has 6 atom stereocenters. The first kappa shape index (κ1) is 89.1. The molecule has 0 heterocycles. The van der Waals surface area contributed by atoms with E-state index in [2.05, 4.69) is 41.5 Å². The van der Waals surface area contributed by atoms with Crippen LogP contribution in [0.25, 0.3) is 0 Å². The van der Waals surface area contributed by atoms with Crippen LogP contribution in [0.3, 0.4) is 0 Å². The van der Waals surface area contributed by atoms with E-state index in [0.717, 1.165) is 108 Å². The first-order valence-corrected chi connectivity index (χ1v) is 40.5. The number of aliphatic hydroxyl groups is 1. The van der Waals surface area contributed by atoms with Crippen LogP contribution < -0.4 is 0 Å². The summed E-state index contributed by atoms with van der Waals surface area (Å²) in [7, 11) is -9.90. The van der Waals surface area contributed by atoms with Crippen molar-refractivity contribution in [2.24, 2.45) is 11.8 Å². The maximum atomic E-state index is 13.0. The number of hydrogen-bond donors (Lipinski definition) is 3. The van der Waals surface area contributed by atoms with Gasteiger partial charge in [-0.3, -0.25) is 37.3 Å². The molecule has 91 heavy (non-hydrogen) atoms. The second-order valence-electron chi connectivity index (χ2n) is 26.7. The Morgan fingerprint density at radius 2 is 0.560 bits per heavy atom. The molecule has 0 aliphatic rings. The van der Waals surface area contributed by atoms with Gasteiger partial charge in [0, 0.05) is 25.7 Å². The second kappa shape index (κ2) is 64.1. The molecule has 0 aromatic heterocycles. The Bertz CT molecular complexity index is 1770. The quantitative estimate of drug-likeness (QED) is 0.0222. The van der Waals surface area contributed by atoms with Crippen LogP contribution in [0, 0.1) is 11.8 Å². The highest BCUT2D eigenvalue weighted by molar-refractivity contribution is 7.47. The van der Waals surface area contributed by atoms with Gasteiger partial charge in [-0.1, -0.05) is 318 Å². The number of phosphoric ester groups is 2. The Hall–Kier alpha value is -1.94. The summed E-state index contributed by atoms with van der Waals surface area (Å²) in [6.07, 6.45) is 49.8. The number of ether oxygens (including phenoxy) is 4. The van der Waals surface area contributed by atoms with Gasteiger partial charge in [-0.15, -0.1) is 0 Å². The van der Waals surface area contributed by atoms with E-state index < -0.39 is 97.5 Å². The van der Waals surface area contributed by atoms with Crippen LogP contribution in [0.15, 0.2) is 0 Å². The van der Waals surface area contributed by atoms with Crippen LogP contribution >= 0.6 is 15.6 Å².